The lowest BCUT2D eigenvalue weighted by Crippen LogP contribution is -2.47. The molecule has 0 aliphatic carbocycles. The number of hydrogen-bond acceptors (Lipinski definition) is 3. The summed E-state index contributed by atoms with van der Waals surface area (Å²) in [4.78, 5) is 18.6. The Balaban J connectivity index is 1.79. The third-order valence-corrected chi connectivity index (χ3v) is 4.29. The lowest BCUT2D eigenvalue weighted by molar-refractivity contribution is -0.120. The van der Waals surface area contributed by atoms with Gasteiger partial charge in [-0.3, -0.25) is 9.79 Å². The lowest BCUT2D eigenvalue weighted by Gasteiger charge is -2.34. The second-order valence-corrected chi connectivity index (χ2v) is 6.45. The fourth-order valence-corrected chi connectivity index (χ4v) is 2.92. The quantitative estimate of drug-likeness (QED) is 0.552. The van der Waals surface area contributed by atoms with E-state index in [0.717, 1.165) is 57.2 Å². The van der Waals surface area contributed by atoms with Crippen LogP contribution in [0.4, 0.5) is 0 Å². The second-order valence-electron chi connectivity index (χ2n) is 6.45. The molecule has 26 heavy (non-hydrogen) atoms. The summed E-state index contributed by atoms with van der Waals surface area (Å²) < 4.78 is 6.05. The molecule has 1 amide bonds. The number of carbonyl (C=O) groups excluding carboxylic acids is 1. The minimum Gasteiger partial charge on any atom is -0.490 e. The molecule has 0 aromatic heterocycles. The van der Waals surface area contributed by atoms with Gasteiger partial charge in [0.25, 0.3) is 0 Å². The monoisotopic (exact) mass is 360 g/mol. The molecule has 0 spiro atoms. The summed E-state index contributed by atoms with van der Waals surface area (Å²) in [5.41, 5.74) is 0. The van der Waals surface area contributed by atoms with Crippen LogP contribution in [-0.4, -0.2) is 55.6 Å². The lowest BCUT2D eigenvalue weighted by atomic mass is 10.1. The van der Waals surface area contributed by atoms with E-state index in [1.165, 1.54) is 0 Å². The number of amides is 1. The first kappa shape index (κ1) is 20.1. The van der Waals surface area contributed by atoms with E-state index in [-0.39, 0.29) is 12.0 Å². The topological polar surface area (TPSA) is 66.0 Å². The van der Waals surface area contributed by atoms with Crippen LogP contribution in [0, 0.1) is 0 Å². The Morgan fingerprint density at radius 1 is 1.19 bits per heavy atom. The van der Waals surface area contributed by atoms with Gasteiger partial charge in [-0.15, -0.1) is 0 Å². The van der Waals surface area contributed by atoms with Crippen molar-refractivity contribution in [3.8, 4) is 5.75 Å². The van der Waals surface area contributed by atoms with Gasteiger partial charge in [0.2, 0.25) is 5.91 Å². The Hall–Kier alpha value is -2.24. The molecule has 0 bridgehead atoms. The third kappa shape index (κ3) is 6.94. The smallest absolute Gasteiger partial charge is 0.221 e. The van der Waals surface area contributed by atoms with Crippen molar-refractivity contribution in [2.24, 2.45) is 4.99 Å². The van der Waals surface area contributed by atoms with E-state index in [9.17, 15) is 4.79 Å². The van der Waals surface area contributed by atoms with Gasteiger partial charge in [-0.1, -0.05) is 25.1 Å². The van der Waals surface area contributed by atoms with Crippen molar-refractivity contribution >= 4 is 11.9 Å². The molecule has 1 aromatic carbocycles. The number of nitrogens with one attached hydrogen (secondary N) is 2. The van der Waals surface area contributed by atoms with E-state index >= 15 is 0 Å². The number of carbonyl (C=O) groups is 1. The normalized spacial score (nSPS) is 15.6. The van der Waals surface area contributed by atoms with E-state index in [2.05, 4.69) is 27.4 Å². The first-order chi connectivity index (χ1) is 12.7. The first-order valence-corrected chi connectivity index (χ1v) is 9.74. The minimum atomic E-state index is 0.0708. The van der Waals surface area contributed by atoms with Crippen LogP contribution in [0.1, 0.15) is 39.5 Å². The van der Waals surface area contributed by atoms with Gasteiger partial charge in [-0.2, -0.15) is 0 Å². The van der Waals surface area contributed by atoms with E-state index in [1.54, 1.807) is 0 Å². The van der Waals surface area contributed by atoms with Crippen molar-refractivity contribution < 1.29 is 9.53 Å². The summed E-state index contributed by atoms with van der Waals surface area (Å²) in [5.74, 6) is 1.90. The van der Waals surface area contributed by atoms with Crippen molar-refractivity contribution in [1.82, 2.24) is 15.5 Å². The predicted molar refractivity (Wildman–Crippen MR) is 106 cm³/mol. The Kier molecular flexibility index (Phi) is 8.79. The van der Waals surface area contributed by atoms with Gasteiger partial charge < -0.3 is 20.3 Å². The van der Waals surface area contributed by atoms with E-state index in [0.29, 0.717) is 13.0 Å². The molecular weight excluding hydrogens is 328 g/mol. The molecule has 0 atom stereocenters. The molecule has 144 valence electrons. The maximum absolute atomic E-state index is 11.7. The third-order valence-electron chi connectivity index (χ3n) is 4.29. The molecule has 1 aromatic rings. The van der Waals surface area contributed by atoms with Crippen molar-refractivity contribution in [1.29, 1.82) is 0 Å². The fraction of sp³-hybridized carbons (Fsp3) is 0.600. The van der Waals surface area contributed by atoms with Gasteiger partial charge in [-0.25, -0.2) is 0 Å². The molecule has 0 unspecified atom stereocenters. The number of nitrogens with zero attached hydrogens (tertiary/aromatic N) is 2. The Morgan fingerprint density at radius 3 is 2.58 bits per heavy atom. The van der Waals surface area contributed by atoms with Gasteiger partial charge in [0.15, 0.2) is 5.96 Å². The summed E-state index contributed by atoms with van der Waals surface area (Å²) in [6.07, 6.45) is 3.57. The minimum absolute atomic E-state index is 0.0708. The molecule has 2 rings (SSSR count). The van der Waals surface area contributed by atoms with E-state index in [4.69, 9.17) is 4.74 Å². The molecule has 6 heteroatoms. The van der Waals surface area contributed by atoms with Crippen molar-refractivity contribution in [2.45, 2.75) is 45.6 Å². The van der Waals surface area contributed by atoms with Gasteiger partial charge in [0.1, 0.15) is 11.9 Å². The maximum Gasteiger partial charge on any atom is 0.221 e. The van der Waals surface area contributed by atoms with Crippen LogP contribution in [0.15, 0.2) is 35.3 Å². The molecule has 1 heterocycles. The standard InChI is InChI=1S/C20H32N4O2/c1-3-13-22-19(25)10-14-23-20(21-4-2)24-15-11-18(12-16-24)26-17-8-6-5-7-9-17/h5-9,18H,3-4,10-16H2,1-2H3,(H,21,23)(H,22,25). The number of ether oxygens (including phenoxy) is 1. The number of aliphatic imine (C=N–C) groups is 1. The van der Waals surface area contributed by atoms with E-state index < -0.39 is 0 Å². The highest BCUT2D eigenvalue weighted by Gasteiger charge is 2.22. The summed E-state index contributed by atoms with van der Waals surface area (Å²) in [6, 6.07) is 9.99. The van der Waals surface area contributed by atoms with Crippen molar-refractivity contribution in [3.63, 3.8) is 0 Å². The number of hydrogen-bond donors (Lipinski definition) is 2. The zero-order valence-corrected chi connectivity index (χ0v) is 16.0. The van der Waals surface area contributed by atoms with E-state index in [1.807, 2.05) is 37.3 Å². The van der Waals surface area contributed by atoms with Crippen LogP contribution in [0.2, 0.25) is 0 Å². The van der Waals surface area contributed by atoms with Crippen LogP contribution in [0.3, 0.4) is 0 Å². The second kappa shape index (κ2) is 11.4. The first-order valence-electron chi connectivity index (χ1n) is 9.74. The summed E-state index contributed by atoms with van der Waals surface area (Å²) in [5, 5.41) is 6.22. The molecule has 0 saturated carbocycles. The number of benzene rings is 1. The average Bonchev–Trinajstić information content (AvgIpc) is 2.67. The number of para-hydroxylation sites is 1. The number of piperidine rings is 1. The Labute approximate surface area is 157 Å². The SMILES string of the molecule is CCCNC(=O)CCN=C(NCC)N1CCC(Oc2ccccc2)CC1. The van der Waals surface area contributed by atoms with Crippen molar-refractivity contribution in [2.75, 3.05) is 32.7 Å². The van der Waals surface area contributed by atoms with Gasteiger partial charge >= 0.3 is 0 Å². The highest BCUT2D eigenvalue weighted by Crippen LogP contribution is 2.18. The van der Waals surface area contributed by atoms with Crippen LogP contribution in [0.25, 0.3) is 0 Å². The molecule has 0 radical (unpaired) electrons. The van der Waals surface area contributed by atoms with Gasteiger partial charge in [0, 0.05) is 45.4 Å². The largest absolute Gasteiger partial charge is 0.490 e. The molecule has 1 aliphatic rings. The number of rotatable bonds is 8. The Morgan fingerprint density at radius 2 is 1.92 bits per heavy atom. The molecule has 1 saturated heterocycles. The highest BCUT2D eigenvalue weighted by molar-refractivity contribution is 5.81. The van der Waals surface area contributed by atoms with Gasteiger partial charge in [-0.05, 0) is 25.5 Å². The van der Waals surface area contributed by atoms with Crippen LogP contribution >= 0.6 is 0 Å². The zero-order valence-electron chi connectivity index (χ0n) is 16.0. The van der Waals surface area contributed by atoms with Gasteiger partial charge in [0.05, 0.1) is 6.54 Å². The van der Waals surface area contributed by atoms with Crippen LogP contribution in [0.5, 0.6) is 5.75 Å². The number of guanidine groups is 1. The van der Waals surface area contributed by atoms with Crippen molar-refractivity contribution in [3.05, 3.63) is 30.3 Å². The molecule has 6 nitrogen and oxygen atoms in total. The van der Waals surface area contributed by atoms with Crippen LogP contribution < -0.4 is 15.4 Å². The fourth-order valence-electron chi connectivity index (χ4n) is 2.92. The summed E-state index contributed by atoms with van der Waals surface area (Å²) >= 11 is 0. The maximum atomic E-state index is 11.7. The zero-order chi connectivity index (χ0) is 18.6. The highest BCUT2D eigenvalue weighted by atomic mass is 16.5. The average molecular weight is 361 g/mol. The van der Waals surface area contributed by atoms with Crippen LogP contribution in [-0.2, 0) is 4.79 Å². The molecule has 1 aliphatic heterocycles. The Bertz CT molecular complexity index is 554. The number of likely N-dealkylation sites (tertiary alicyclic amines) is 1. The molecule has 1 fully saturated rings. The predicted octanol–water partition coefficient (Wildman–Crippen LogP) is 2.41. The summed E-state index contributed by atoms with van der Waals surface area (Å²) in [6.45, 7) is 8.00. The summed E-state index contributed by atoms with van der Waals surface area (Å²) in [7, 11) is 0. The molecule has 2 N–H and O–H groups in total. The molecular formula is C20H32N4O2.